The molecule has 1 aromatic rings. The highest BCUT2D eigenvalue weighted by atomic mass is 16.7. The van der Waals surface area contributed by atoms with E-state index in [1.54, 1.807) is 19.3 Å². The lowest BCUT2D eigenvalue weighted by atomic mass is 10.3. The largest absolute Gasteiger partial charge is 0.376 e. The van der Waals surface area contributed by atoms with Gasteiger partial charge in [0.1, 0.15) is 5.69 Å². The summed E-state index contributed by atoms with van der Waals surface area (Å²) in [6.07, 6.45) is 1.65. The van der Waals surface area contributed by atoms with Gasteiger partial charge in [0, 0.05) is 21.1 Å². The zero-order valence-corrected chi connectivity index (χ0v) is 9.39. The Balaban J connectivity index is 2.84. The molecule has 1 rings (SSSR count). The maximum absolute atomic E-state index is 11.6. The predicted molar refractivity (Wildman–Crippen MR) is 57.7 cm³/mol. The Bertz CT molecular complexity index is 335. The van der Waals surface area contributed by atoms with E-state index >= 15 is 0 Å². The van der Waals surface area contributed by atoms with E-state index in [1.807, 2.05) is 25.1 Å². The van der Waals surface area contributed by atoms with Gasteiger partial charge >= 0.3 is 0 Å². The van der Waals surface area contributed by atoms with Crippen molar-refractivity contribution in [3.63, 3.8) is 0 Å². The quantitative estimate of drug-likeness (QED) is 0.690. The fraction of sp³-hybridized carbons (Fsp3) is 0.400. The number of aromatic nitrogens is 1. The molecule has 0 aliphatic rings. The number of carbonyl (C=O) groups is 1. The van der Waals surface area contributed by atoms with Crippen molar-refractivity contribution < 1.29 is 9.63 Å². The lowest BCUT2D eigenvalue weighted by molar-refractivity contribution is -0.0760. The van der Waals surface area contributed by atoms with E-state index in [1.165, 1.54) is 7.11 Å². The molecule has 15 heavy (non-hydrogen) atoms. The second-order valence-corrected chi connectivity index (χ2v) is 3.28. The van der Waals surface area contributed by atoms with E-state index in [-0.39, 0.29) is 5.91 Å². The van der Waals surface area contributed by atoms with Crippen LogP contribution in [0.4, 0.5) is 5.69 Å². The molecule has 1 aromatic heterocycles. The Kier molecular flexibility index (Phi) is 3.62. The second-order valence-electron chi connectivity index (χ2n) is 3.28. The van der Waals surface area contributed by atoms with Gasteiger partial charge in [-0.15, -0.1) is 0 Å². The molecule has 1 amide bonds. The van der Waals surface area contributed by atoms with E-state index in [2.05, 4.69) is 4.98 Å². The minimum atomic E-state index is -0.261. The number of hydrogen-bond donors (Lipinski definition) is 0. The van der Waals surface area contributed by atoms with Crippen molar-refractivity contribution in [2.45, 2.75) is 0 Å². The van der Waals surface area contributed by atoms with Crippen LogP contribution in [0.5, 0.6) is 0 Å². The van der Waals surface area contributed by atoms with Gasteiger partial charge in [-0.05, 0) is 12.1 Å². The van der Waals surface area contributed by atoms with Crippen LogP contribution in [0, 0.1) is 0 Å². The molecule has 1 heterocycles. The molecule has 0 aliphatic heterocycles. The Labute approximate surface area is 89.2 Å². The summed E-state index contributed by atoms with van der Waals surface area (Å²) in [5.41, 5.74) is 1.32. The Hall–Kier alpha value is -1.62. The lowest BCUT2D eigenvalue weighted by Crippen LogP contribution is -2.26. The third kappa shape index (κ3) is 2.66. The molecule has 0 atom stereocenters. The first-order chi connectivity index (χ1) is 7.06. The van der Waals surface area contributed by atoms with Crippen molar-refractivity contribution in [2.75, 3.05) is 33.2 Å². The normalized spacial score (nSPS) is 9.87. The minimum Gasteiger partial charge on any atom is -0.376 e. The average Bonchev–Trinajstić information content (AvgIpc) is 2.27. The summed E-state index contributed by atoms with van der Waals surface area (Å²) in [5, 5.41) is 1.14. The summed E-state index contributed by atoms with van der Waals surface area (Å²) in [4.78, 5) is 22.3. The molecule has 0 spiro atoms. The summed E-state index contributed by atoms with van der Waals surface area (Å²) >= 11 is 0. The number of carbonyl (C=O) groups excluding carboxylic acids is 1. The van der Waals surface area contributed by atoms with E-state index in [9.17, 15) is 4.79 Å². The first-order valence-corrected chi connectivity index (χ1v) is 4.51. The van der Waals surface area contributed by atoms with E-state index in [4.69, 9.17) is 4.84 Å². The van der Waals surface area contributed by atoms with E-state index in [0.29, 0.717) is 5.69 Å². The van der Waals surface area contributed by atoms with Gasteiger partial charge in [0.25, 0.3) is 5.91 Å². The van der Waals surface area contributed by atoms with Crippen LogP contribution >= 0.6 is 0 Å². The van der Waals surface area contributed by atoms with Crippen molar-refractivity contribution in [2.24, 2.45) is 0 Å². The van der Waals surface area contributed by atoms with Crippen LogP contribution in [-0.2, 0) is 4.84 Å². The Morgan fingerprint density at radius 1 is 1.33 bits per heavy atom. The van der Waals surface area contributed by atoms with Gasteiger partial charge in [0.05, 0.1) is 19.0 Å². The maximum Gasteiger partial charge on any atom is 0.295 e. The molecule has 0 saturated heterocycles. The average molecular weight is 209 g/mol. The number of nitrogens with zero attached hydrogens (tertiary/aromatic N) is 3. The molecule has 82 valence electrons. The van der Waals surface area contributed by atoms with Crippen LogP contribution in [0.3, 0.4) is 0 Å². The predicted octanol–water partition coefficient (Wildman–Crippen LogP) is 0.781. The van der Waals surface area contributed by atoms with Crippen molar-refractivity contribution in [3.8, 4) is 0 Å². The highest BCUT2D eigenvalue weighted by Crippen LogP contribution is 2.10. The summed E-state index contributed by atoms with van der Waals surface area (Å²) in [6, 6.07) is 3.51. The molecule has 0 saturated carbocycles. The van der Waals surface area contributed by atoms with Crippen molar-refractivity contribution in [1.29, 1.82) is 0 Å². The van der Waals surface area contributed by atoms with Gasteiger partial charge < -0.3 is 4.90 Å². The van der Waals surface area contributed by atoms with Crippen LogP contribution in [0.1, 0.15) is 10.5 Å². The standard InChI is InChI=1S/C10H15N3O2/c1-12(2)8-5-6-9(11-7-8)10(14)13(3)15-4/h5-7H,1-4H3. The summed E-state index contributed by atoms with van der Waals surface area (Å²) in [7, 11) is 6.82. The number of hydrogen-bond acceptors (Lipinski definition) is 4. The molecule has 0 aromatic carbocycles. The molecule has 0 aliphatic carbocycles. The molecule has 5 heteroatoms. The smallest absolute Gasteiger partial charge is 0.295 e. The van der Waals surface area contributed by atoms with Crippen LogP contribution in [0.15, 0.2) is 18.3 Å². The fourth-order valence-corrected chi connectivity index (χ4v) is 1.02. The molecule has 5 nitrogen and oxygen atoms in total. The van der Waals surface area contributed by atoms with E-state index in [0.717, 1.165) is 10.8 Å². The molecular formula is C10H15N3O2. The highest BCUT2D eigenvalue weighted by Gasteiger charge is 2.12. The number of amides is 1. The van der Waals surface area contributed by atoms with Crippen LogP contribution in [0.2, 0.25) is 0 Å². The molecule has 0 fully saturated rings. The summed E-state index contributed by atoms with van der Waals surface area (Å²) in [5.74, 6) is -0.261. The third-order valence-corrected chi connectivity index (χ3v) is 2.04. The first-order valence-electron chi connectivity index (χ1n) is 4.51. The zero-order valence-electron chi connectivity index (χ0n) is 9.39. The third-order valence-electron chi connectivity index (χ3n) is 2.04. The molecule has 0 N–H and O–H groups in total. The molecule has 0 bridgehead atoms. The van der Waals surface area contributed by atoms with Crippen molar-refractivity contribution >= 4 is 11.6 Å². The van der Waals surface area contributed by atoms with Crippen LogP contribution < -0.4 is 4.90 Å². The number of hydroxylamine groups is 2. The number of rotatable bonds is 3. The van der Waals surface area contributed by atoms with Crippen LogP contribution in [-0.4, -0.2) is 44.2 Å². The maximum atomic E-state index is 11.6. The van der Waals surface area contributed by atoms with Gasteiger partial charge in [-0.2, -0.15) is 0 Å². The first kappa shape index (κ1) is 11.5. The topological polar surface area (TPSA) is 45.7 Å². The summed E-state index contributed by atoms with van der Waals surface area (Å²) < 4.78 is 0. The monoisotopic (exact) mass is 209 g/mol. The van der Waals surface area contributed by atoms with E-state index < -0.39 is 0 Å². The van der Waals surface area contributed by atoms with Gasteiger partial charge in [0.15, 0.2) is 0 Å². The van der Waals surface area contributed by atoms with Gasteiger partial charge in [-0.3, -0.25) is 9.63 Å². The minimum absolute atomic E-state index is 0.261. The lowest BCUT2D eigenvalue weighted by Gasteiger charge is -2.14. The number of anilines is 1. The van der Waals surface area contributed by atoms with Crippen molar-refractivity contribution in [3.05, 3.63) is 24.0 Å². The Morgan fingerprint density at radius 2 is 2.00 bits per heavy atom. The summed E-state index contributed by atoms with van der Waals surface area (Å²) in [6.45, 7) is 0. The highest BCUT2D eigenvalue weighted by molar-refractivity contribution is 5.91. The van der Waals surface area contributed by atoms with Gasteiger partial charge in [0.2, 0.25) is 0 Å². The van der Waals surface area contributed by atoms with Crippen molar-refractivity contribution in [1.82, 2.24) is 10.0 Å². The molecular weight excluding hydrogens is 194 g/mol. The van der Waals surface area contributed by atoms with Gasteiger partial charge in [-0.1, -0.05) is 0 Å². The van der Waals surface area contributed by atoms with Gasteiger partial charge in [-0.25, -0.2) is 10.0 Å². The fourth-order valence-electron chi connectivity index (χ4n) is 1.02. The molecule has 0 unspecified atom stereocenters. The second kappa shape index (κ2) is 4.75. The SMILES string of the molecule is CON(C)C(=O)c1ccc(N(C)C)cn1. The van der Waals surface area contributed by atoms with Crippen LogP contribution in [0.25, 0.3) is 0 Å². The zero-order chi connectivity index (χ0) is 11.4. The Morgan fingerprint density at radius 3 is 2.40 bits per heavy atom. The molecule has 0 radical (unpaired) electrons. The number of pyridine rings is 1.